The highest BCUT2D eigenvalue weighted by Gasteiger charge is 2.32. The maximum atomic E-state index is 5.75. The van der Waals surface area contributed by atoms with Crippen LogP contribution in [0.5, 0.6) is 0 Å². The van der Waals surface area contributed by atoms with Crippen LogP contribution < -0.4 is 4.90 Å². The van der Waals surface area contributed by atoms with E-state index in [9.17, 15) is 0 Å². The fraction of sp³-hybridized carbons (Fsp3) is 0.611. The van der Waals surface area contributed by atoms with Gasteiger partial charge in [0.25, 0.3) is 0 Å². The number of benzene rings is 1. The van der Waals surface area contributed by atoms with E-state index in [1.165, 1.54) is 37.8 Å². The van der Waals surface area contributed by atoms with E-state index in [2.05, 4.69) is 71.0 Å². The molecule has 1 saturated carbocycles. The average Bonchev–Trinajstić information content (AvgIpc) is 2.75. The number of hydrogen-bond acceptors (Lipinski definition) is 2. The Kier molecular flexibility index (Phi) is 6.85. The van der Waals surface area contributed by atoms with Crippen LogP contribution >= 0.6 is 28.1 Å². The number of likely N-dealkylation sites (N-methyl/N-ethyl adjacent to an activating group) is 1. The van der Waals surface area contributed by atoms with E-state index in [4.69, 9.17) is 12.2 Å². The fourth-order valence-corrected chi connectivity index (χ4v) is 3.97. The van der Waals surface area contributed by atoms with Gasteiger partial charge in [-0.15, -0.1) is 0 Å². The first-order valence-corrected chi connectivity index (χ1v) is 9.48. The van der Waals surface area contributed by atoms with Gasteiger partial charge in [0.2, 0.25) is 0 Å². The van der Waals surface area contributed by atoms with Crippen molar-refractivity contribution >= 4 is 38.8 Å². The normalized spacial score (nSPS) is 22.4. The zero-order valence-corrected chi connectivity index (χ0v) is 16.3. The third kappa shape index (κ3) is 4.30. The lowest BCUT2D eigenvalue weighted by molar-refractivity contribution is 0.242. The second-order valence-corrected chi connectivity index (χ2v) is 7.72. The van der Waals surface area contributed by atoms with Crippen LogP contribution in [-0.2, 0) is 0 Å². The van der Waals surface area contributed by atoms with Crippen LogP contribution in [0, 0.1) is 0 Å². The molecular formula is C18H27BrN2S. The first-order chi connectivity index (χ1) is 10.5. The van der Waals surface area contributed by atoms with Crippen molar-refractivity contribution in [2.75, 3.05) is 19.0 Å². The van der Waals surface area contributed by atoms with Crippen molar-refractivity contribution in [1.29, 1.82) is 0 Å². The van der Waals surface area contributed by atoms with E-state index < -0.39 is 0 Å². The summed E-state index contributed by atoms with van der Waals surface area (Å²) in [7, 11) is 4.41. The van der Waals surface area contributed by atoms with Crippen LogP contribution in [0.1, 0.15) is 45.4 Å². The van der Waals surface area contributed by atoms with Gasteiger partial charge in [0, 0.05) is 16.2 Å². The standard InChI is InChI=1S/C18H27BrN2S/c1-4-18(22)21(15-12-10-14(19)11-13-15)17-9-7-5-6-8-16(17)20(2)3/h10-13,16-17H,4-9H2,1-3H3. The molecule has 22 heavy (non-hydrogen) atoms. The molecule has 0 amide bonds. The van der Waals surface area contributed by atoms with Crippen molar-refractivity contribution in [3.63, 3.8) is 0 Å². The number of halogens is 1. The summed E-state index contributed by atoms with van der Waals surface area (Å²) in [6.07, 6.45) is 7.37. The first kappa shape index (κ1) is 17.9. The Morgan fingerprint density at radius 1 is 1.09 bits per heavy atom. The first-order valence-electron chi connectivity index (χ1n) is 8.28. The minimum absolute atomic E-state index is 0.478. The van der Waals surface area contributed by atoms with Gasteiger partial charge in [-0.2, -0.15) is 0 Å². The largest absolute Gasteiger partial charge is 0.331 e. The van der Waals surface area contributed by atoms with Crippen molar-refractivity contribution in [2.45, 2.75) is 57.5 Å². The molecule has 0 heterocycles. The Labute approximate surface area is 149 Å². The molecule has 2 nitrogen and oxygen atoms in total. The van der Waals surface area contributed by atoms with Gasteiger partial charge >= 0.3 is 0 Å². The van der Waals surface area contributed by atoms with E-state index in [-0.39, 0.29) is 0 Å². The molecule has 2 rings (SSSR count). The van der Waals surface area contributed by atoms with Crippen molar-refractivity contribution in [2.24, 2.45) is 0 Å². The highest BCUT2D eigenvalue weighted by atomic mass is 79.9. The molecule has 0 N–H and O–H groups in total. The average molecular weight is 383 g/mol. The smallest absolute Gasteiger partial charge is 0.0824 e. The summed E-state index contributed by atoms with van der Waals surface area (Å²) in [5, 5.41) is 0. The Hall–Kier alpha value is -0.450. The third-order valence-corrected chi connectivity index (χ3v) is 5.63. The zero-order chi connectivity index (χ0) is 16.1. The zero-order valence-electron chi connectivity index (χ0n) is 13.9. The highest BCUT2D eigenvalue weighted by Crippen LogP contribution is 2.30. The molecule has 1 aromatic carbocycles. The van der Waals surface area contributed by atoms with E-state index in [1.54, 1.807) is 0 Å². The van der Waals surface area contributed by atoms with Crippen LogP contribution in [0.3, 0.4) is 0 Å². The van der Waals surface area contributed by atoms with Crippen LogP contribution in [0.4, 0.5) is 5.69 Å². The second-order valence-electron chi connectivity index (χ2n) is 6.33. The van der Waals surface area contributed by atoms with Gasteiger partial charge in [0.15, 0.2) is 0 Å². The van der Waals surface area contributed by atoms with Gasteiger partial charge in [-0.1, -0.05) is 54.3 Å². The Morgan fingerprint density at radius 3 is 2.23 bits per heavy atom. The predicted molar refractivity (Wildman–Crippen MR) is 104 cm³/mol. The predicted octanol–water partition coefficient (Wildman–Crippen LogP) is 5.26. The highest BCUT2D eigenvalue weighted by molar-refractivity contribution is 9.10. The van der Waals surface area contributed by atoms with Crippen molar-refractivity contribution < 1.29 is 0 Å². The number of thiocarbonyl (C=S) groups is 1. The molecule has 0 aliphatic heterocycles. The number of nitrogens with zero attached hydrogens (tertiary/aromatic N) is 2. The molecule has 1 aliphatic rings. The van der Waals surface area contributed by atoms with Crippen LogP contribution in [0.2, 0.25) is 0 Å². The van der Waals surface area contributed by atoms with Crippen LogP contribution in [0.15, 0.2) is 28.7 Å². The molecule has 1 aliphatic carbocycles. The van der Waals surface area contributed by atoms with Gasteiger partial charge in [-0.05, 0) is 57.6 Å². The van der Waals surface area contributed by atoms with Gasteiger partial charge in [-0.25, -0.2) is 0 Å². The lowest BCUT2D eigenvalue weighted by Crippen LogP contribution is -2.51. The molecule has 0 aromatic heterocycles. The number of rotatable bonds is 4. The Bertz CT molecular complexity index is 486. The molecule has 122 valence electrons. The van der Waals surface area contributed by atoms with Gasteiger partial charge in [0.1, 0.15) is 0 Å². The van der Waals surface area contributed by atoms with E-state index in [1.807, 2.05) is 0 Å². The maximum Gasteiger partial charge on any atom is 0.0824 e. The molecule has 0 bridgehead atoms. The van der Waals surface area contributed by atoms with E-state index in [0.29, 0.717) is 12.1 Å². The van der Waals surface area contributed by atoms with Crippen LogP contribution in [-0.4, -0.2) is 36.1 Å². The molecule has 0 saturated heterocycles. The summed E-state index contributed by atoms with van der Waals surface area (Å²) in [6, 6.07) is 9.64. The minimum Gasteiger partial charge on any atom is -0.331 e. The number of hydrogen-bond donors (Lipinski definition) is 0. The van der Waals surface area contributed by atoms with E-state index in [0.717, 1.165) is 15.9 Å². The molecule has 2 atom stereocenters. The molecular weight excluding hydrogens is 356 g/mol. The summed E-state index contributed by atoms with van der Waals surface area (Å²) in [5.41, 5.74) is 1.23. The second kappa shape index (κ2) is 8.42. The third-order valence-electron chi connectivity index (χ3n) is 4.61. The molecule has 1 fully saturated rings. The molecule has 1 aromatic rings. The molecule has 0 spiro atoms. The summed E-state index contributed by atoms with van der Waals surface area (Å²) in [6.45, 7) is 2.16. The molecule has 0 radical (unpaired) electrons. The van der Waals surface area contributed by atoms with Crippen LogP contribution in [0.25, 0.3) is 0 Å². The van der Waals surface area contributed by atoms with Crippen molar-refractivity contribution in [3.05, 3.63) is 28.7 Å². The summed E-state index contributed by atoms with van der Waals surface area (Å²) < 4.78 is 1.11. The van der Waals surface area contributed by atoms with Gasteiger partial charge in [-0.3, -0.25) is 0 Å². The Balaban J connectivity index is 2.37. The monoisotopic (exact) mass is 382 g/mol. The number of anilines is 1. The SMILES string of the molecule is CCC(=S)N(c1ccc(Br)cc1)C1CCCCCC1N(C)C. The van der Waals surface area contributed by atoms with Gasteiger partial charge in [0.05, 0.1) is 11.0 Å². The lowest BCUT2D eigenvalue weighted by atomic mass is 9.99. The van der Waals surface area contributed by atoms with Gasteiger partial charge < -0.3 is 9.80 Å². The fourth-order valence-electron chi connectivity index (χ4n) is 3.46. The molecule has 2 unspecified atom stereocenters. The summed E-state index contributed by atoms with van der Waals surface area (Å²) in [5.74, 6) is 0. The van der Waals surface area contributed by atoms with Crippen molar-refractivity contribution in [3.8, 4) is 0 Å². The summed E-state index contributed by atoms with van der Waals surface area (Å²) >= 11 is 9.28. The summed E-state index contributed by atoms with van der Waals surface area (Å²) in [4.78, 5) is 5.87. The van der Waals surface area contributed by atoms with Crippen molar-refractivity contribution in [1.82, 2.24) is 4.90 Å². The topological polar surface area (TPSA) is 6.48 Å². The molecule has 4 heteroatoms. The lowest BCUT2D eigenvalue weighted by Gasteiger charge is -2.40. The minimum atomic E-state index is 0.478. The van der Waals surface area contributed by atoms with E-state index >= 15 is 0 Å². The Morgan fingerprint density at radius 2 is 1.68 bits per heavy atom. The quantitative estimate of drug-likeness (QED) is 0.518. The maximum absolute atomic E-state index is 5.75.